The average Bonchev–Trinajstić information content (AvgIpc) is 3.01. The predicted molar refractivity (Wildman–Crippen MR) is 74.5 cm³/mol. The first kappa shape index (κ1) is 12.1. The lowest BCUT2D eigenvalue weighted by Gasteiger charge is -2.17. The molecule has 3 heterocycles. The Morgan fingerprint density at radius 2 is 2.24 bits per heavy atom. The van der Waals surface area contributed by atoms with Gasteiger partial charge in [-0.15, -0.1) is 0 Å². The zero-order valence-corrected chi connectivity index (χ0v) is 11.1. The van der Waals surface area contributed by atoms with Crippen molar-refractivity contribution in [1.29, 1.82) is 0 Å². The number of hydrogen-bond acceptors (Lipinski definition) is 2. The molecule has 3 aromatic rings. The smallest absolute Gasteiger partial charge is 0.323 e. The van der Waals surface area contributed by atoms with Crippen molar-refractivity contribution in [3.8, 4) is 11.4 Å². The molecule has 0 aliphatic carbocycles. The first-order valence-electron chi connectivity index (χ1n) is 6.70. The van der Waals surface area contributed by atoms with Gasteiger partial charge in [-0.1, -0.05) is 0 Å². The fraction of sp³-hybridized carbons (Fsp3) is 0.200. The molecule has 0 radical (unpaired) electrons. The van der Waals surface area contributed by atoms with Gasteiger partial charge in [0.15, 0.2) is 0 Å². The SMILES string of the molecule is O=C(O)Cn1c2c(c3cc(F)ccc31)CCn1nccc1-2. The van der Waals surface area contributed by atoms with Crippen molar-refractivity contribution >= 4 is 16.9 Å². The van der Waals surface area contributed by atoms with Crippen LogP contribution in [0, 0.1) is 5.82 Å². The quantitative estimate of drug-likeness (QED) is 0.786. The number of nitrogens with zero attached hydrogens (tertiary/aromatic N) is 3. The van der Waals surface area contributed by atoms with Crippen molar-refractivity contribution < 1.29 is 14.3 Å². The molecule has 1 aliphatic rings. The minimum absolute atomic E-state index is 0.150. The molecule has 0 saturated heterocycles. The monoisotopic (exact) mass is 285 g/mol. The molecule has 106 valence electrons. The van der Waals surface area contributed by atoms with Gasteiger partial charge in [0.05, 0.1) is 11.4 Å². The van der Waals surface area contributed by atoms with E-state index in [0.29, 0.717) is 0 Å². The molecule has 4 rings (SSSR count). The molecule has 0 spiro atoms. The number of hydrogen-bond donors (Lipinski definition) is 1. The van der Waals surface area contributed by atoms with Gasteiger partial charge in [-0.25, -0.2) is 4.39 Å². The van der Waals surface area contributed by atoms with Gasteiger partial charge in [0.1, 0.15) is 12.4 Å². The summed E-state index contributed by atoms with van der Waals surface area (Å²) in [7, 11) is 0. The molecule has 0 fully saturated rings. The Kier molecular flexibility index (Phi) is 2.42. The summed E-state index contributed by atoms with van der Waals surface area (Å²) in [6.07, 6.45) is 2.42. The summed E-state index contributed by atoms with van der Waals surface area (Å²) in [6, 6.07) is 6.36. The number of aromatic nitrogens is 3. The van der Waals surface area contributed by atoms with E-state index in [1.807, 2.05) is 10.7 Å². The van der Waals surface area contributed by atoms with Crippen molar-refractivity contribution in [2.75, 3.05) is 0 Å². The number of benzene rings is 1. The van der Waals surface area contributed by atoms with Gasteiger partial charge in [-0.3, -0.25) is 9.48 Å². The number of fused-ring (bicyclic) bond motifs is 5. The lowest BCUT2D eigenvalue weighted by atomic mass is 10.0. The number of rotatable bonds is 2. The Balaban J connectivity index is 2.10. The van der Waals surface area contributed by atoms with E-state index in [2.05, 4.69) is 5.10 Å². The molecule has 1 N–H and O–H groups in total. The van der Waals surface area contributed by atoms with Gasteiger partial charge < -0.3 is 9.67 Å². The van der Waals surface area contributed by atoms with E-state index in [0.717, 1.165) is 40.8 Å². The summed E-state index contributed by atoms with van der Waals surface area (Å²) in [5.74, 6) is -1.23. The van der Waals surface area contributed by atoms with Crippen molar-refractivity contribution in [2.45, 2.75) is 19.5 Å². The maximum absolute atomic E-state index is 13.6. The fourth-order valence-electron chi connectivity index (χ4n) is 3.17. The first-order valence-corrected chi connectivity index (χ1v) is 6.70. The van der Waals surface area contributed by atoms with Crippen LogP contribution in [0.1, 0.15) is 5.56 Å². The molecule has 0 amide bonds. The maximum Gasteiger partial charge on any atom is 0.323 e. The standard InChI is InChI=1S/C15H12FN3O2/c16-9-1-2-12-11(7-9)10-4-6-19-13(3-5-17-19)15(10)18(12)8-14(20)21/h1-3,5,7H,4,6,8H2,(H,20,21). The second-order valence-corrected chi connectivity index (χ2v) is 5.16. The van der Waals surface area contributed by atoms with Crippen LogP contribution in [0.25, 0.3) is 22.3 Å². The van der Waals surface area contributed by atoms with E-state index < -0.39 is 5.97 Å². The normalized spacial score (nSPS) is 13.2. The Morgan fingerprint density at radius 1 is 1.38 bits per heavy atom. The van der Waals surface area contributed by atoms with Crippen molar-refractivity contribution in [3.63, 3.8) is 0 Å². The summed E-state index contributed by atoms with van der Waals surface area (Å²) in [5, 5.41) is 14.2. The van der Waals surface area contributed by atoms with E-state index in [9.17, 15) is 14.3 Å². The molecule has 0 saturated carbocycles. The van der Waals surface area contributed by atoms with Gasteiger partial charge in [0.2, 0.25) is 0 Å². The molecule has 2 aromatic heterocycles. The molecule has 1 aromatic carbocycles. The molecule has 0 bridgehead atoms. The van der Waals surface area contributed by atoms with Gasteiger partial charge in [0, 0.05) is 23.6 Å². The summed E-state index contributed by atoms with van der Waals surface area (Å²) < 4.78 is 17.2. The lowest BCUT2D eigenvalue weighted by molar-refractivity contribution is -0.137. The zero-order valence-electron chi connectivity index (χ0n) is 11.1. The van der Waals surface area contributed by atoms with Crippen LogP contribution in [0.15, 0.2) is 30.5 Å². The Bertz CT molecular complexity index is 879. The van der Waals surface area contributed by atoms with Crippen LogP contribution in [0.5, 0.6) is 0 Å². The number of carbonyl (C=O) groups is 1. The van der Waals surface area contributed by atoms with Crippen LogP contribution in [0.3, 0.4) is 0 Å². The maximum atomic E-state index is 13.6. The summed E-state index contributed by atoms with van der Waals surface area (Å²) in [4.78, 5) is 11.2. The number of aryl methyl sites for hydroxylation is 2. The number of halogens is 1. The van der Waals surface area contributed by atoms with Crippen LogP contribution in [-0.2, 0) is 24.3 Å². The zero-order chi connectivity index (χ0) is 14.6. The first-order chi connectivity index (χ1) is 10.1. The molecule has 0 atom stereocenters. The second-order valence-electron chi connectivity index (χ2n) is 5.16. The van der Waals surface area contributed by atoms with Crippen molar-refractivity contribution in [3.05, 3.63) is 41.8 Å². The Hall–Kier alpha value is -2.63. The van der Waals surface area contributed by atoms with Gasteiger partial charge >= 0.3 is 5.97 Å². The molecule has 5 nitrogen and oxygen atoms in total. The Labute approximate surface area is 119 Å². The van der Waals surface area contributed by atoms with E-state index in [1.54, 1.807) is 16.8 Å². The fourth-order valence-corrected chi connectivity index (χ4v) is 3.17. The molecule has 1 aliphatic heterocycles. The second kappa shape index (κ2) is 4.18. The highest BCUT2D eigenvalue weighted by Gasteiger charge is 2.25. The largest absolute Gasteiger partial charge is 0.480 e. The number of carboxylic acid groups (broad SMARTS) is 1. The van der Waals surface area contributed by atoms with Crippen LogP contribution < -0.4 is 0 Å². The molecular formula is C15H12FN3O2. The van der Waals surface area contributed by atoms with E-state index in [1.165, 1.54) is 12.1 Å². The third-order valence-corrected chi connectivity index (χ3v) is 3.96. The van der Waals surface area contributed by atoms with Gasteiger partial charge in [-0.2, -0.15) is 5.10 Å². The average molecular weight is 285 g/mol. The van der Waals surface area contributed by atoms with E-state index in [4.69, 9.17) is 0 Å². The molecular weight excluding hydrogens is 273 g/mol. The van der Waals surface area contributed by atoms with Crippen LogP contribution >= 0.6 is 0 Å². The highest BCUT2D eigenvalue weighted by molar-refractivity contribution is 5.93. The molecule has 6 heteroatoms. The molecule has 0 unspecified atom stereocenters. The highest BCUT2D eigenvalue weighted by atomic mass is 19.1. The summed E-state index contributed by atoms with van der Waals surface area (Å²) in [6.45, 7) is 0.570. The van der Waals surface area contributed by atoms with E-state index >= 15 is 0 Å². The number of carboxylic acids is 1. The third-order valence-electron chi connectivity index (χ3n) is 3.96. The van der Waals surface area contributed by atoms with Crippen LogP contribution in [0.2, 0.25) is 0 Å². The van der Waals surface area contributed by atoms with Crippen LogP contribution in [0.4, 0.5) is 4.39 Å². The highest BCUT2D eigenvalue weighted by Crippen LogP contribution is 2.37. The lowest BCUT2D eigenvalue weighted by Crippen LogP contribution is -2.16. The predicted octanol–water partition coefficient (Wildman–Crippen LogP) is 2.28. The molecule has 21 heavy (non-hydrogen) atoms. The van der Waals surface area contributed by atoms with Gasteiger partial charge in [-0.05, 0) is 36.2 Å². The van der Waals surface area contributed by atoms with Crippen molar-refractivity contribution in [2.24, 2.45) is 0 Å². The third kappa shape index (κ3) is 1.68. The number of aliphatic carboxylic acids is 1. The Morgan fingerprint density at radius 3 is 3.05 bits per heavy atom. The van der Waals surface area contributed by atoms with Crippen LogP contribution in [-0.4, -0.2) is 25.4 Å². The van der Waals surface area contributed by atoms with E-state index in [-0.39, 0.29) is 12.4 Å². The topological polar surface area (TPSA) is 60.0 Å². The summed E-state index contributed by atoms with van der Waals surface area (Å²) >= 11 is 0. The van der Waals surface area contributed by atoms with Crippen molar-refractivity contribution in [1.82, 2.24) is 14.3 Å². The minimum Gasteiger partial charge on any atom is -0.480 e. The minimum atomic E-state index is -0.921. The van der Waals surface area contributed by atoms with Gasteiger partial charge in [0.25, 0.3) is 0 Å². The summed E-state index contributed by atoms with van der Waals surface area (Å²) in [5.41, 5.74) is 3.47.